The molecule has 0 spiro atoms. The Morgan fingerprint density at radius 2 is 1.71 bits per heavy atom. The highest BCUT2D eigenvalue weighted by Crippen LogP contribution is 2.25. The summed E-state index contributed by atoms with van der Waals surface area (Å²) in [7, 11) is 0. The fourth-order valence-corrected chi connectivity index (χ4v) is 4.73. The third-order valence-corrected chi connectivity index (χ3v) is 6.48. The lowest BCUT2D eigenvalue weighted by Crippen LogP contribution is -2.22. The molecule has 0 saturated heterocycles. The fraction of sp³-hybridized carbons (Fsp3) is 0.154. The van der Waals surface area contributed by atoms with Gasteiger partial charge in [0, 0.05) is 5.75 Å². The third-order valence-electron chi connectivity index (χ3n) is 5.59. The van der Waals surface area contributed by atoms with Gasteiger partial charge in [0.2, 0.25) is 5.78 Å². The molecule has 0 aliphatic rings. The van der Waals surface area contributed by atoms with Gasteiger partial charge in [0.25, 0.3) is 5.56 Å². The zero-order chi connectivity index (χ0) is 23.7. The van der Waals surface area contributed by atoms with E-state index in [1.54, 1.807) is 16.7 Å². The van der Waals surface area contributed by atoms with E-state index in [1.165, 1.54) is 18.7 Å². The van der Waals surface area contributed by atoms with E-state index in [4.69, 9.17) is 4.74 Å². The van der Waals surface area contributed by atoms with Crippen molar-refractivity contribution in [3.8, 4) is 11.4 Å². The number of Topliss-reactive ketones (excluding diaryl/α,β-unsaturated/α-hetero) is 1. The second-order valence-electron chi connectivity index (χ2n) is 7.81. The number of fused-ring (bicyclic) bond motifs is 3. The molecule has 0 aliphatic heterocycles. The van der Waals surface area contributed by atoms with Crippen LogP contribution in [0.4, 0.5) is 0 Å². The SMILES string of the molecule is CC(=O)c1ccccc1OCCSc1nnc2n(-c3ccccc3C)c(=O)c3ccccc3n12. The number of carbonyl (C=O) groups excluding carboxylic acids is 1. The molecule has 0 radical (unpaired) electrons. The van der Waals surface area contributed by atoms with Crippen molar-refractivity contribution in [1.29, 1.82) is 0 Å². The molecule has 0 unspecified atom stereocenters. The molecule has 3 aromatic carbocycles. The first kappa shape index (κ1) is 21.9. The molecule has 0 fully saturated rings. The van der Waals surface area contributed by atoms with E-state index in [-0.39, 0.29) is 11.3 Å². The summed E-state index contributed by atoms with van der Waals surface area (Å²) < 4.78 is 9.40. The second kappa shape index (κ2) is 9.15. The van der Waals surface area contributed by atoms with Crippen LogP contribution in [0, 0.1) is 6.92 Å². The lowest BCUT2D eigenvalue weighted by Gasteiger charge is -2.13. The van der Waals surface area contributed by atoms with Crippen LogP contribution in [0.25, 0.3) is 22.4 Å². The van der Waals surface area contributed by atoms with E-state index >= 15 is 0 Å². The molecule has 0 amide bonds. The van der Waals surface area contributed by atoms with Crippen molar-refractivity contribution < 1.29 is 9.53 Å². The largest absolute Gasteiger partial charge is 0.492 e. The van der Waals surface area contributed by atoms with Crippen molar-refractivity contribution in [1.82, 2.24) is 19.2 Å². The van der Waals surface area contributed by atoms with Gasteiger partial charge in [-0.05, 0) is 49.7 Å². The number of hydrogen-bond acceptors (Lipinski definition) is 6. The van der Waals surface area contributed by atoms with E-state index in [1.807, 2.05) is 72.0 Å². The highest BCUT2D eigenvalue weighted by molar-refractivity contribution is 7.99. The topological polar surface area (TPSA) is 78.5 Å². The minimum atomic E-state index is -0.134. The first-order chi connectivity index (χ1) is 16.6. The molecule has 0 N–H and O–H groups in total. The van der Waals surface area contributed by atoms with Crippen LogP contribution in [0.2, 0.25) is 0 Å². The van der Waals surface area contributed by atoms with Gasteiger partial charge in [-0.3, -0.25) is 14.0 Å². The van der Waals surface area contributed by atoms with E-state index in [0.717, 1.165) is 16.8 Å². The van der Waals surface area contributed by atoms with Crippen LogP contribution >= 0.6 is 11.8 Å². The standard InChI is InChI=1S/C26H22N4O3S/c1-17-9-3-6-12-21(17)29-24(32)20-11-4-7-13-22(20)30-25(29)27-28-26(30)34-16-15-33-23-14-8-5-10-19(23)18(2)31/h3-14H,15-16H2,1-2H3. The van der Waals surface area contributed by atoms with E-state index in [9.17, 15) is 9.59 Å². The Bertz CT molecular complexity index is 1590. The Labute approximate surface area is 200 Å². The molecule has 0 aliphatic carbocycles. The maximum Gasteiger partial charge on any atom is 0.267 e. The van der Waals surface area contributed by atoms with E-state index in [0.29, 0.717) is 40.0 Å². The lowest BCUT2D eigenvalue weighted by molar-refractivity contribution is 0.101. The van der Waals surface area contributed by atoms with E-state index in [2.05, 4.69) is 10.2 Å². The minimum Gasteiger partial charge on any atom is -0.492 e. The van der Waals surface area contributed by atoms with Crippen LogP contribution in [0.5, 0.6) is 5.75 Å². The molecule has 2 heterocycles. The lowest BCUT2D eigenvalue weighted by atomic mass is 10.1. The molecular formula is C26H22N4O3S. The molecule has 0 saturated carbocycles. The molecular weight excluding hydrogens is 448 g/mol. The van der Waals surface area contributed by atoms with Gasteiger partial charge in [0.1, 0.15) is 5.75 Å². The smallest absolute Gasteiger partial charge is 0.267 e. The summed E-state index contributed by atoms with van der Waals surface area (Å²) >= 11 is 1.48. The Balaban J connectivity index is 1.51. The van der Waals surface area contributed by atoms with Gasteiger partial charge >= 0.3 is 0 Å². The van der Waals surface area contributed by atoms with Gasteiger partial charge < -0.3 is 4.74 Å². The van der Waals surface area contributed by atoms with Gasteiger partial charge in [0.15, 0.2) is 10.9 Å². The average molecular weight is 471 g/mol. The summed E-state index contributed by atoms with van der Waals surface area (Å²) in [6.07, 6.45) is 0. The fourth-order valence-electron chi connectivity index (χ4n) is 3.97. The highest BCUT2D eigenvalue weighted by atomic mass is 32.2. The van der Waals surface area contributed by atoms with Crippen LogP contribution in [0.1, 0.15) is 22.8 Å². The summed E-state index contributed by atoms with van der Waals surface area (Å²) in [6, 6.07) is 22.4. The Hall–Kier alpha value is -3.91. The Morgan fingerprint density at radius 3 is 2.53 bits per heavy atom. The molecule has 34 heavy (non-hydrogen) atoms. The van der Waals surface area contributed by atoms with Crippen molar-refractivity contribution in [3.63, 3.8) is 0 Å². The van der Waals surface area contributed by atoms with Gasteiger partial charge in [-0.25, -0.2) is 4.57 Å². The summed E-state index contributed by atoms with van der Waals surface area (Å²) in [5, 5.41) is 10.0. The number of para-hydroxylation sites is 3. The number of aryl methyl sites for hydroxylation is 1. The van der Waals surface area contributed by atoms with Crippen LogP contribution in [-0.4, -0.2) is 37.3 Å². The molecule has 0 bridgehead atoms. The number of ether oxygens (including phenoxy) is 1. The zero-order valence-electron chi connectivity index (χ0n) is 18.8. The van der Waals surface area contributed by atoms with Crippen molar-refractivity contribution in [3.05, 3.63) is 94.3 Å². The van der Waals surface area contributed by atoms with Crippen molar-refractivity contribution in [2.24, 2.45) is 0 Å². The molecule has 5 rings (SSSR count). The normalized spacial score (nSPS) is 11.2. The van der Waals surface area contributed by atoms with Crippen LogP contribution < -0.4 is 10.3 Å². The number of carbonyl (C=O) groups is 1. The van der Waals surface area contributed by atoms with Crippen molar-refractivity contribution >= 4 is 34.2 Å². The van der Waals surface area contributed by atoms with Gasteiger partial charge in [-0.15, -0.1) is 10.2 Å². The molecule has 0 atom stereocenters. The van der Waals surface area contributed by atoms with Crippen LogP contribution in [-0.2, 0) is 0 Å². The number of thioether (sulfide) groups is 1. The van der Waals surface area contributed by atoms with Crippen LogP contribution in [0.3, 0.4) is 0 Å². The number of aromatic nitrogens is 4. The minimum absolute atomic E-state index is 0.0349. The summed E-state index contributed by atoms with van der Waals surface area (Å²) in [4.78, 5) is 25.3. The number of benzene rings is 3. The quantitative estimate of drug-likeness (QED) is 0.195. The number of hydrogen-bond donors (Lipinski definition) is 0. The highest BCUT2D eigenvalue weighted by Gasteiger charge is 2.18. The molecule has 170 valence electrons. The number of nitrogens with zero attached hydrogens (tertiary/aromatic N) is 4. The maximum absolute atomic E-state index is 13.4. The summed E-state index contributed by atoms with van der Waals surface area (Å²) in [5.74, 6) is 1.58. The first-order valence-corrected chi connectivity index (χ1v) is 11.9. The maximum atomic E-state index is 13.4. The van der Waals surface area contributed by atoms with E-state index < -0.39 is 0 Å². The zero-order valence-corrected chi connectivity index (χ0v) is 19.6. The van der Waals surface area contributed by atoms with Crippen LogP contribution in [0.15, 0.2) is 82.7 Å². The summed E-state index contributed by atoms with van der Waals surface area (Å²) in [5.41, 5.74) is 2.93. The predicted octanol–water partition coefficient (Wildman–Crippen LogP) is 4.72. The molecule has 7 nitrogen and oxygen atoms in total. The Morgan fingerprint density at radius 1 is 0.971 bits per heavy atom. The first-order valence-electron chi connectivity index (χ1n) is 10.9. The third kappa shape index (κ3) is 3.86. The summed E-state index contributed by atoms with van der Waals surface area (Å²) in [6.45, 7) is 3.88. The molecule has 5 aromatic rings. The molecule has 2 aromatic heterocycles. The second-order valence-corrected chi connectivity index (χ2v) is 8.87. The van der Waals surface area contributed by atoms with Gasteiger partial charge in [0.05, 0.1) is 28.8 Å². The number of rotatable bonds is 7. The van der Waals surface area contributed by atoms with Gasteiger partial charge in [-0.2, -0.15) is 0 Å². The molecule has 8 heteroatoms. The monoisotopic (exact) mass is 470 g/mol. The van der Waals surface area contributed by atoms with Crippen molar-refractivity contribution in [2.75, 3.05) is 12.4 Å². The average Bonchev–Trinajstić information content (AvgIpc) is 3.27. The van der Waals surface area contributed by atoms with Crippen molar-refractivity contribution in [2.45, 2.75) is 19.0 Å². The predicted molar refractivity (Wildman–Crippen MR) is 133 cm³/mol. The Kier molecular flexibility index (Phi) is 5.90. The van der Waals surface area contributed by atoms with Gasteiger partial charge in [-0.1, -0.05) is 54.2 Å². The number of ketones is 1.